The summed E-state index contributed by atoms with van der Waals surface area (Å²) in [4.78, 5) is 31.7. The Balaban J connectivity index is 1.64. The van der Waals surface area contributed by atoms with E-state index in [1.807, 2.05) is 12.1 Å². The monoisotopic (exact) mass is 500 g/mol. The number of ketones is 1. The van der Waals surface area contributed by atoms with E-state index in [1.54, 1.807) is 43.3 Å². The maximum atomic E-state index is 13.5. The molecule has 9 heteroatoms. The number of carboxylic acids is 1. The van der Waals surface area contributed by atoms with Crippen molar-refractivity contribution in [2.24, 2.45) is 0 Å². The Kier molecular flexibility index (Phi) is 6.16. The molecule has 2 aromatic carbocycles. The number of furan rings is 1. The van der Waals surface area contributed by atoms with Gasteiger partial charge in [0.1, 0.15) is 0 Å². The highest BCUT2D eigenvalue weighted by molar-refractivity contribution is 6.18. The number of carboxylic acid groups (broad SMARTS) is 1. The van der Waals surface area contributed by atoms with E-state index < -0.39 is 35.1 Å². The lowest BCUT2D eigenvalue weighted by Crippen LogP contribution is -1.99. The fourth-order valence-corrected chi connectivity index (χ4v) is 4.69. The lowest BCUT2D eigenvalue weighted by molar-refractivity contribution is 0.0661. The molecule has 1 unspecified atom stereocenters. The molecule has 0 aliphatic heterocycles. The number of fused-ring (bicyclic) bond motifs is 2. The SMILES string of the molecule is CC(O)c1cccc2c(-c3c(C(=O)O)oc(C(=O)c4c[nH]c5c(C/C=C/CO)cccc45)c3O)c[nH]c12. The molecule has 0 fully saturated rings. The second-order valence-electron chi connectivity index (χ2n) is 8.67. The normalized spacial score (nSPS) is 12.6. The van der Waals surface area contributed by atoms with Crippen LogP contribution >= 0.6 is 0 Å². The minimum Gasteiger partial charge on any atom is -0.504 e. The van der Waals surface area contributed by atoms with Gasteiger partial charge in [0.2, 0.25) is 17.3 Å². The van der Waals surface area contributed by atoms with Crippen LogP contribution in [-0.4, -0.2) is 48.8 Å². The number of aliphatic hydroxyl groups excluding tert-OH is 2. The molecule has 0 spiro atoms. The van der Waals surface area contributed by atoms with Gasteiger partial charge in [-0.1, -0.05) is 48.6 Å². The zero-order valence-corrected chi connectivity index (χ0v) is 19.8. The summed E-state index contributed by atoms with van der Waals surface area (Å²) in [6, 6.07) is 10.6. The van der Waals surface area contributed by atoms with E-state index in [9.17, 15) is 24.9 Å². The van der Waals surface area contributed by atoms with Crippen LogP contribution in [0.25, 0.3) is 32.9 Å². The van der Waals surface area contributed by atoms with Crippen molar-refractivity contribution in [3.63, 3.8) is 0 Å². The van der Waals surface area contributed by atoms with Gasteiger partial charge in [-0.05, 0) is 18.9 Å². The number of aromatic amines is 2. The van der Waals surface area contributed by atoms with Gasteiger partial charge >= 0.3 is 5.97 Å². The fourth-order valence-electron chi connectivity index (χ4n) is 4.69. The summed E-state index contributed by atoms with van der Waals surface area (Å²) < 4.78 is 5.49. The van der Waals surface area contributed by atoms with Crippen LogP contribution in [0.2, 0.25) is 0 Å². The van der Waals surface area contributed by atoms with Crippen LogP contribution in [0.4, 0.5) is 0 Å². The number of aromatic carboxylic acids is 1. The van der Waals surface area contributed by atoms with Gasteiger partial charge in [-0.3, -0.25) is 4.79 Å². The number of hydrogen-bond acceptors (Lipinski definition) is 6. The molecule has 1 atom stereocenters. The van der Waals surface area contributed by atoms with Crippen molar-refractivity contribution in [2.75, 3.05) is 6.61 Å². The Morgan fingerprint density at radius 2 is 1.73 bits per heavy atom. The van der Waals surface area contributed by atoms with Gasteiger partial charge in [0, 0.05) is 39.8 Å². The molecule has 5 aromatic rings. The van der Waals surface area contributed by atoms with Gasteiger partial charge in [0.15, 0.2) is 5.75 Å². The molecule has 6 N–H and O–H groups in total. The maximum absolute atomic E-state index is 13.5. The van der Waals surface area contributed by atoms with Crippen LogP contribution in [0.5, 0.6) is 5.75 Å². The number of rotatable bonds is 8. The van der Waals surface area contributed by atoms with Crippen molar-refractivity contribution >= 4 is 33.6 Å². The molecule has 3 heterocycles. The number of aromatic hydroxyl groups is 1. The lowest BCUT2D eigenvalue weighted by atomic mass is 9.99. The summed E-state index contributed by atoms with van der Waals surface area (Å²) in [5.41, 5.74) is 3.20. The number of carbonyl (C=O) groups is 2. The zero-order valence-electron chi connectivity index (χ0n) is 19.8. The van der Waals surface area contributed by atoms with E-state index in [4.69, 9.17) is 9.52 Å². The molecule has 3 aromatic heterocycles. The molecular weight excluding hydrogens is 476 g/mol. The Labute approximate surface area is 210 Å². The fraction of sp³-hybridized carbons (Fsp3) is 0.143. The molecule has 0 bridgehead atoms. The Bertz CT molecular complexity index is 1680. The van der Waals surface area contributed by atoms with Crippen molar-refractivity contribution < 1.29 is 34.4 Å². The topological polar surface area (TPSA) is 160 Å². The standard InChI is InChI=1S/C28H24N2O7/c1-14(32)16-8-5-10-17-19(12-30-23(16)17)21-25(34)27(37-26(21)28(35)36)24(33)20-13-29-22-15(6-2-3-11-31)7-4-9-18(20)22/h2-5,7-10,12-14,29-32,34H,6,11H2,1H3,(H,35,36)/b3-2+. The van der Waals surface area contributed by atoms with Gasteiger partial charge < -0.3 is 34.8 Å². The maximum Gasteiger partial charge on any atom is 0.372 e. The van der Waals surface area contributed by atoms with Crippen LogP contribution in [0.1, 0.15) is 50.8 Å². The molecule has 0 saturated heterocycles. The highest BCUT2D eigenvalue weighted by Gasteiger charge is 2.32. The minimum absolute atomic E-state index is 0.0762. The zero-order chi connectivity index (χ0) is 26.3. The Morgan fingerprint density at radius 1 is 1.00 bits per heavy atom. The van der Waals surface area contributed by atoms with Crippen molar-refractivity contribution in [2.45, 2.75) is 19.4 Å². The van der Waals surface area contributed by atoms with Crippen LogP contribution < -0.4 is 0 Å². The smallest absolute Gasteiger partial charge is 0.372 e. The molecule has 0 radical (unpaired) electrons. The van der Waals surface area contributed by atoms with E-state index >= 15 is 0 Å². The number of H-pyrrole nitrogens is 2. The largest absolute Gasteiger partial charge is 0.504 e. The van der Waals surface area contributed by atoms with Crippen LogP contribution in [0, 0.1) is 0 Å². The summed E-state index contributed by atoms with van der Waals surface area (Å²) in [7, 11) is 0. The van der Waals surface area contributed by atoms with Crippen molar-refractivity contribution in [3.05, 3.63) is 89.2 Å². The van der Waals surface area contributed by atoms with Crippen molar-refractivity contribution in [1.29, 1.82) is 0 Å². The predicted molar refractivity (Wildman–Crippen MR) is 137 cm³/mol. The summed E-state index contributed by atoms with van der Waals surface area (Å²) in [5, 5.41) is 41.2. The minimum atomic E-state index is -1.44. The average Bonchev–Trinajstić information content (AvgIpc) is 3.58. The van der Waals surface area contributed by atoms with E-state index in [1.165, 1.54) is 12.4 Å². The van der Waals surface area contributed by atoms with E-state index in [2.05, 4.69) is 9.97 Å². The molecule has 188 valence electrons. The first-order chi connectivity index (χ1) is 17.8. The molecule has 0 amide bonds. The molecule has 37 heavy (non-hydrogen) atoms. The van der Waals surface area contributed by atoms with E-state index in [0.29, 0.717) is 39.4 Å². The molecule has 0 aliphatic carbocycles. The third-order valence-corrected chi connectivity index (χ3v) is 6.41. The van der Waals surface area contributed by atoms with Gasteiger partial charge in [-0.15, -0.1) is 0 Å². The first kappa shape index (κ1) is 24.1. The Morgan fingerprint density at radius 3 is 2.46 bits per heavy atom. The highest BCUT2D eigenvalue weighted by atomic mass is 16.4. The highest BCUT2D eigenvalue weighted by Crippen LogP contribution is 2.43. The third kappa shape index (κ3) is 4.00. The van der Waals surface area contributed by atoms with Crippen molar-refractivity contribution in [3.8, 4) is 16.9 Å². The molecule has 5 rings (SSSR count). The lowest BCUT2D eigenvalue weighted by Gasteiger charge is -2.06. The summed E-state index contributed by atoms with van der Waals surface area (Å²) in [6.45, 7) is 1.53. The quantitative estimate of drug-likeness (QED) is 0.133. The molecule has 0 saturated carbocycles. The number of aromatic nitrogens is 2. The number of allylic oxidation sites excluding steroid dienone is 1. The number of para-hydroxylation sites is 2. The first-order valence-corrected chi connectivity index (χ1v) is 11.6. The predicted octanol–water partition coefficient (Wildman–Crippen LogP) is 4.69. The number of benzene rings is 2. The van der Waals surface area contributed by atoms with Crippen molar-refractivity contribution in [1.82, 2.24) is 9.97 Å². The third-order valence-electron chi connectivity index (χ3n) is 6.41. The Hall–Kier alpha value is -4.60. The summed E-state index contributed by atoms with van der Waals surface area (Å²) >= 11 is 0. The van der Waals surface area contributed by atoms with E-state index in [-0.39, 0.29) is 17.7 Å². The van der Waals surface area contributed by atoms with Crippen LogP contribution in [0.15, 0.2) is 65.4 Å². The number of hydrogen-bond donors (Lipinski definition) is 6. The van der Waals surface area contributed by atoms with Crippen LogP contribution in [0.3, 0.4) is 0 Å². The van der Waals surface area contributed by atoms with Gasteiger partial charge in [0.05, 0.1) is 29.4 Å². The van der Waals surface area contributed by atoms with E-state index in [0.717, 1.165) is 5.56 Å². The number of aliphatic hydroxyl groups is 2. The second kappa shape index (κ2) is 9.45. The summed E-state index contributed by atoms with van der Waals surface area (Å²) in [6.07, 6.45) is 6.19. The summed E-state index contributed by atoms with van der Waals surface area (Å²) in [5.74, 6) is -3.76. The van der Waals surface area contributed by atoms with Gasteiger partial charge in [-0.2, -0.15) is 0 Å². The number of nitrogens with one attached hydrogen (secondary N) is 2. The molecular formula is C28H24N2O7. The second-order valence-corrected chi connectivity index (χ2v) is 8.67. The first-order valence-electron chi connectivity index (χ1n) is 11.6. The molecule has 9 nitrogen and oxygen atoms in total. The van der Waals surface area contributed by atoms with Crippen LogP contribution in [-0.2, 0) is 6.42 Å². The van der Waals surface area contributed by atoms with Gasteiger partial charge in [0.25, 0.3) is 0 Å². The van der Waals surface area contributed by atoms with Gasteiger partial charge in [-0.25, -0.2) is 4.79 Å². The average molecular weight is 501 g/mol. The molecule has 0 aliphatic rings. The number of carbonyl (C=O) groups excluding carboxylic acids is 1.